The first kappa shape index (κ1) is 23.5. The molecule has 2 N–H and O–H groups in total. The molecule has 8 heteroatoms. The van der Waals surface area contributed by atoms with Crippen LogP contribution < -0.4 is 15.2 Å². The molecule has 0 fully saturated rings. The Labute approximate surface area is 201 Å². The van der Waals surface area contributed by atoms with Crippen molar-refractivity contribution in [3.63, 3.8) is 0 Å². The molecule has 1 heterocycles. The molecule has 0 bridgehead atoms. The molecule has 0 saturated heterocycles. The van der Waals surface area contributed by atoms with E-state index in [0.717, 1.165) is 23.3 Å². The van der Waals surface area contributed by atoms with Crippen LogP contribution in [0.4, 0.5) is 0 Å². The number of hydrogen-bond acceptors (Lipinski definition) is 6. The number of carbonyl (C=O) groups is 1. The van der Waals surface area contributed by atoms with E-state index in [4.69, 9.17) is 15.2 Å². The van der Waals surface area contributed by atoms with Gasteiger partial charge >= 0.3 is 0 Å². The number of carbonyl (C=O) groups excluding carboxylic acids is 1. The molecular formula is C23H26IN3O3S. The second-order valence-electron chi connectivity index (χ2n) is 7.31. The van der Waals surface area contributed by atoms with E-state index in [0.29, 0.717) is 35.2 Å². The van der Waals surface area contributed by atoms with Crippen LogP contribution in [0.25, 0.3) is 0 Å². The zero-order valence-corrected chi connectivity index (χ0v) is 20.6. The van der Waals surface area contributed by atoms with Crippen LogP contribution in [0.2, 0.25) is 0 Å². The number of hydrogen-bond donors (Lipinski definition) is 1. The summed E-state index contributed by atoms with van der Waals surface area (Å²) in [6.45, 7) is 6.22. The second kappa shape index (κ2) is 10.4. The molecule has 0 radical (unpaired) electrons. The summed E-state index contributed by atoms with van der Waals surface area (Å²) in [6, 6.07) is 13.4. The fourth-order valence-electron chi connectivity index (χ4n) is 3.41. The van der Waals surface area contributed by atoms with Gasteiger partial charge in [-0.15, -0.1) is 0 Å². The molecule has 1 unspecified atom stereocenters. The number of methoxy groups -OCH3 is 1. The summed E-state index contributed by atoms with van der Waals surface area (Å²) in [5.41, 5.74) is 8.25. The molecule has 2 aromatic carbocycles. The first-order valence-electron chi connectivity index (χ1n) is 9.87. The van der Waals surface area contributed by atoms with E-state index in [1.54, 1.807) is 22.0 Å². The lowest BCUT2D eigenvalue weighted by atomic mass is 9.88. The minimum Gasteiger partial charge on any atom is -0.493 e. The van der Waals surface area contributed by atoms with Gasteiger partial charge in [0.15, 0.2) is 16.7 Å². The van der Waals surface area contributed by atoms with Crippen molar-refractivity contribution in [1.82, 2.24) is 3.11 Å². The fraction of sp³-hybridized carbons (Fsp3) is 0.304. The van der Waals surface area contributed by atoms with Gasteiger partial charge in [0.2, 0.25) is 0 Å². The first-order valence-corrected chi connectivity index (χ1v) is 11.8. The predicted octanol–water partition coefficient (Wildman–Crippen LogP) is 4.92. The van der Waals surface area contributed by atoms with Crippen LogP contribution in [-0.4, -0.2) is 33.6 Å². The molecule has 0 spiro atoms. The van der Waals surface area contributed by atoms with E-state index >= 15 is 0 Å². The van der Waals surface area contributed by atoms with Crippen molar-refractivity contribution in [3.05, 3.63) is 72.0 Å². The highest BCUT2D eigenvalue weighted by atomic mass is 127. The summed E-state index contributed by atoms with van der Waals surface area (Å²) in [7, 11) is 1.59. The highest BCUT2D eigenvalue weighted by Crippen LogP contribution is 2.35. The van der Waals surface area contributed by atoms with Gasteiger partial charge in [0.25, 0.3) is 5.91 Å². The molecule has 1 amide bonds. The molecule has 3 rings (SSSR count). The average molecular weight is 551 g/mol. The van der Waals surface area contributed by atoms with Crippen molar-refractivity contribution in [2.75, 3.05) is 19.4 Å². The highest BCUT2D eigenvalue weighted by Gasteiger charge is 2.30. The normalized spacial score (nSPS) is 18.1. The van der Waals surface area contributed by atoms with Crippen LogP contribution >= 0.6 is 34.6 Å². The monoisotopic (exact) mass is 551 g/mol. The second-order valence-corrected chi connectivity index (χ2v) is 9.59. The Morgan fingerprint density at radius 1 is 1.35 bits per heavy atom. The number of amidine groups is 1. The summed E-state index contributed by atoms with van der Waals surface area (Å²) in [5.74, 6) is 2.12. The van der Waals surface area contributed by atoms with Gasteiger partial charge in [-0.1, -0.05) is 36.5 Å². The zero-order valence-electron chi connectivity index (χ0n) is 17.6. The van der Waals surface area contributed by atoms with Crippen LogP contribution in [0.3, 0.4) is 0 Å². The molecule has 1 aliphatic heterocycles. The number of nitrogens with zero attached hydrogens (tertiary/aromatic N) is 2. The Hall–Kier alpha value is -2.20. The topological polar surface area (TPSA) is 77.2 Å². The van der Waals surface area contributed by atoms with Crippen molar-refractivity contribution in [2.24, 2.45) is 10.7 Å². The third kappa shape index (κ3) is 5.74. The quantitative estimate of drug-likeness (QED) is 0.287. The van der Waals surface area contributed by atoms with Crippen LogP contribution in [0.15, 0.2) is 60.3 Å². The number of halogens is 1. The van der Waals surface area contributed by atoms with Gasteiger partial charge in [-0.05, 0) is 55.2 Å². The molecule has 31 heavy (non-hydrogen) atoms. The number of aliphatic imine (C=N–C) groups is 1. The van der Waals surface area contributed by atoms with Gasteiger partial charge < -0.3 is 15.2 Å². The van der Waals surface area contributed by atoms with Crippen LogP contribution in [0.1, 0.15) is 34.8 Å². The molecular weight excluding hydrogens is 525 g/mol. The van der Waals surface area contributed by atoms with E-state index in [1.807, 2.05) is 42.5 Å². The summed E-state index contributed by atoms with van der Waals surface area (Å²) >= 11 is 3.64. The van der Waals surface area contributed by atoms with Crippen molar-refractivity contribution in [3.8, 4) is 11.5 Å². The summed E-state index contributed by atoms with van der Waals surface area (Å²) < 4.78 is 12.4. The number of rotatable bonds is 8. The lowest BCUT2D eigenvalue weighted by molar-refractivity contribution is 0.0889. The van der Waals surface area contributed by atoms with Gasteiger partial charge in [0, 0.05) is 17.9 Å². The third-order valence-electron chi connectivity index (χ3n) is 5.18. The Morgan fingerprint density at radius 2 is 2.16 bits per heavy atom. The van der Waals surface area contributed by atoms with E-state index in [-0.39, 0.29) is 5.91 Å². The van der Waals surface area contributed by atoms with Gasteiger partial charge in [0.05, 0.1) is 41.8 Å². The molecule has 2 aromatic rings. The van der Waals surface area contributed by atoms with Gasteiger partial charge in [-0.25, -0.2) is 0 Å². The van der Waals surface area contributed by atoms with E-state index in [9.17, 15) is 4.79 Å². The highest BCUT2D eigenvalue weighted by molar-refractivity contribution is 14.1. The Bertz CT molecular complexity index is 998. The third-order valence-corrected chi connectivity index (χ3v) is 6.90. The van der Waals surface area contributed by atoms with E-state index in [1.165, 1.54) is 6.26 Å². The summed E-state index contributed by atoms with van der Waals surface area (Å²) in [6.07, 6.45) is 2.93. The lowest BCUT2D eigenvalue weighted by Gasteiger charge is -2.30. The van der Waals surface area contributed by atoms with Gasteiger partial charge in [0.1, 0.15) is 0 Å². The Balaban J connectivity index is 1.70. The van der Waals surface area contributed by atoms with E-state index < -0.39 is 5.54 Å². The maximum Gasteiger partial charge on any atom is 0.262 e. The van der Waals surface area contributed by atoms with Gasteiger partial charge in [-0.3, -0.25) is 12.9 Å². The predicted molar refractivity (Wildman–Crippen MR) is 135 cm³/mol. The molecule has 0 aliphatic carbocycles. The molecule has 1 atom stereocenters. The number of ether oxygens (including phenoxy) is 2. The maximum absolute atomic E-state index is 13.0. The number of amides is 1. The average Bonchev–Trinajstić information content (AvgIpc) is 2.77. The zero-order chi connectivity index (χ0) is 22.4. The van der Waals surface area contributed by atoms with Crippen molar-refractivity contribution < 1.29 is 14.3 Å². The lowest BCUT2D eigenvalue weighted by Crippen LogP contribution is -2.29. The minimum atomic E-state index is -0.396. The smallest absolute Gasteiger partial charge is 0.262 e. The molecule has 6 nitrogen and oxygen atoms in total. The van der Waals surface area contributed by atoms with Crippen LogP contribution in [-0.2, 0) is 12.0 Å². The summed E-state index contributed by atoms with van der Waals surface area (Å²) in [5, 5.41) is 0.597. The van der Waals surface area contributed by atoms with Crippen LogP contribution in [0, 0.1) is 0 Å². The largest absolute Gasteiger partial charge is 0.493 e. The molecule has 0 saturated carbocycles. The number of benzene rings is 2. The molecule has 0 aromatic heterocycles. The van der Waals surface area contributed by atoms with E-state index in [2.05, 4.69) is 41.4 Å². The van der Waals surface area contributed by atoms with Crippen molar-refractivity contribution in [1.29, 1.82) is 0 Å². The Morgan fingerprint density at radius 3 is 2.87 bits per heavy atom. The SMILES string of the molecule is C=COc1cc(CCN(I)C(=O)c2cccc(C3(C)CCSC(N)=N3)c2)ccc1OC. The standard InChI is InChI=1S/C23H26IN3O3S/c1-4-30-20-14-16(8-9-19(20)29-3)10-12-27(24)21(28)17-6-5-7-18(15-17)23(2)11-13-31-22(25)26-23/h4-9,14-15H,1,10-13H2,2-3H3,(H2,25,26). The number of thioether (sulfide) groups is 1. The summed E-state index contributed by atoms with van der Waals surface area (Å²) in [4.78, 5) is 17.7. The van der Waals surface area contributed by atoms with Gasteiger partial charge in [-0.2, -0.15) is 0 Å². The molecule has 164 valence electrons. The van der Waals surface area contributed by atoms with Crippen molar-refractivity contribution in [2.45, 2.75) is 25.3 Å². The Kier molecular flexibility index (Phi) is 7.88. The van der Waals surface area contributed by atoms with Crippen LogP contribution in [0.5, 0.6) is 11.5 Å². The minimum absolute atomic E-state index is 0.0377. The van der Waals surface area contributed by atoms with Crippen molar-refractivity contribution >= 4 is 45.7 Å². The number of nitrogens with two attached hydrogens (primary N) is 1. The maximum atomic E-state index is 13.0. The fourth-order valence-corrected chi connectivity index (χ4v) is 4.90. The molecule has 1 aliphatic rings. The first-order chi connectivity index (χ1) is 14.9.